The lowest BCUT2D eigenvalue weighted by Gasteiger charge is -2.31. The maximum Gasteiger partial charge on any atom is 0.224 e. The van der Waals surface area contributed by atoms with E-state index in [-0.39, 0.29) is 11.9 Å². The van der Waals surface area contributed by atoms with Crippen LogP contribution < -0.4 is 16.0 Å². The number of amidine groups is 1. The molecule has 3 N–H and O–H groups in total. The molecule has 2 aliphatic rings. The van der Waals surface area contributed by atoms with Gasteiger partial charge in [-0.2, -0.15) is 5.11 Å². The van der Waals surface area contributed by atoms with Crippen LogP contribution in [0.3, 0.4) is 0 Å². The van der Waals surface area contributed by atoms with E-state index in [9.17, 15) is 4.79 Å². The Hall–Kier alpha value is -3.11. The SMILES string of the molecule is CCC(=O)Nc1ccc(Sc2nc(N=C3C=C(C)N=N3)cc(N3CCC(N)CC3)n2)cc1. The van der Waals surface area contributed by atoms with Crippen LogP contribution in [0.4, 0.5) is 17.3 Å². The zero-order chi connectivity index (χ0) is 22.5. The predicted octanol–water partition coefficient (Wildman–Crippen LogP) is 4.30. The van der Waals surface area contributed by atoms with Gasteiger partial charge in [0.05, 0.1) is 5.70 Å². The summed E-state index contributed by atoms with van der Waals surface area (Å²) in [5.41, 5.74) is 7.65. The summed E-state index contributed by atoms with van der Waals surface area (Å²) in [4.78, 5) is 28.7. The molecule has 0 unspecified atom stereocenters. The number of hydrogen-bond donors (Lipinski definition) is 2. The van der Waals surface area contributed by atoms with Crippen molar-refractivity contribution in [1.29, 1.82) is 0 Å². The summed E-state index contributed by atoms with van der Waals surface area (Å²) in [6.07, 6.45) is 4.12. The Morgan fingerprint density at radius 1 is 1.22 bits per heavy atom. The topological polar surface area (TPSA) is 121 Å². The van der Waals surface area contributed by atoms with Gasteiger partial charge >= 0.3 is 0 Å². The highest BCUT2D eigenvalue weighted by Crippen LogP contribution is 2.31. The predicted molar refractivity (Wildman–Crippen MR) is 127 cm³/mol. The molecular weight excluding hydrogens is 424 g/mol. The van der Waals surface area contributed by atoms with Gasteiger partial charge in [-0.15, -0.1) is 5.11 Å². The second-order valence-corrected chi connectivity index (χ2v) is 8.72. The van der Waals surface area contributed by atoms with Gasteiger partial charge in [-0.1, -0.05) is 6.92 Å². The number of azo groups is 1. The molecule has 32 heavy (non-hydrogen) atoms. The van der Waals surface area contributed by atoms with Gasteiger partial charge < -0.3 is 16.0 Å². The van der Waals surface area contributed by atoms with Crippen LogP contribution in [-0.2, 0) is 4.79 Å². The van der Waals surface area contributed by atoms with Crippen LogP contribution in [0.25, 0.3) is 0 Å². The number of piperidine rings is 1. The van der Waals surface area contributed by atoms with E-state index in [0.717, 1.165) is 48.0 Å². The number of carbonyl (C=O) groups is 1. The van der Waals surface area contributed by atoms with Crippen LogP contribution in [0.15, 0.2) is 67.4 Å². The molecule has 9 nitrogen and oxygen atoms in total. The summed E-state index contributed by atoms with van der Waals surface area (Å²) in [5, 5.41) is 11.5. The van der Waals surface area contributed by atoms with Crippen molar-refractivity contribution in [1.82, 2.24) is 9.97 Å². The zero-order valence-corrected chi connectivity index (χ0v) is 19.0. The first-order valence-corrected chi connectivity index (χ1v) is 11.5. The number of hydrogen-bond acceptors (Lipinski definition) is 8. The molecular formula is C22H26N8OS. The molecule has 3 heterocycles. The summed E-state index contributed by atoms with van der Waals surface area (Å²) in [7, 11) is 0. The maximum absolute atomic E-state index is 11.6. The first kappa shape index (κ1) is 22.1. The van der Waals surface area contributed by atoms with Crippen LogP contribution in [0, 0.1) is 0 Å². The molecule has 1 aromatic heterocycles. The molecule has 0 spiro atoms. The third-order valence-corrected chi connectivity index (χ3v) is 5.96. The standard InChI is InChI=1S/C22H26N8OS/c1-3-21(31)24-16-4-6-17(7-5-16)32-22-26-18(25-19-12-14(2)28-29-19)13-20(27-22)30-10-8-15(23)9-11-30/h4-7,12-13,15H,3,8-11,23H2,1-2H3,(H,24,31). The second kappa shape index (κ2) is 10.0. The van der Waals surface area contributed by atoms with Gasteiger partial charge in [0.25, 0.3) is 0 Å². The number of rotatable bonds is 6. The fourth-order valence-electron chi connectivity index (χ4n) is 3.30. The van der Waals surface area contributed by atoms with Gasteiger partial charge in [0.15, 0.2) is 16.8 Å². The first-order valence-electron chi connectivity index (χ1n) is 10.6. The van der Waals surface area contributed by atoms with E-state index < -0.39 is 0 Å². The highest BCUT2D eigenvalue weighted by molar-refractivity contribution is 7.99. The molecule has 1 amide bonds. The van der Waals surface area contributed by atoms with Gasteiger partial charge in [0.2, 0.25) is 5.91 Å². The molecule has 0 aliphatic carbocycles. The number of amides is 1. The molecule has 2 aromatic rings. The van der Waals surface area contributed by atoms with E-state index in [1.807, 2.05) is 50.3 Å². The number of anilines is 2. The van der Waals surface area contributed by atoms with Crippen molar-refractivity contribution in [2.24, 2.45) is 21.0 Å². The fourth-order valence-corrected chi connectivity index (χ4v) is 4.06. The summed E-state index contributed by atoms with van der Waals surface area (Å²) >= 11 is 1.45. The number of allylic oxidation sites excluding steroid dienone is 1. The molecule has 0 saturated carbocycles. The van der Waals surface area contributed by atoms with Gasteiger partial charge in [-0.3, -0.25) is 4.79 Å². The van der Waals surface area contributed by atoms with E-state index >= 15 is 0 Å². The van der Waals surface area contributed by atoms with Crippen molar-refractivity contribution in [3.05, 3.63) is 42.1 Å². The molecule has 1 saturated heterocycles. The molecule has 4 rings (SSSR count). The second-order valence-electron chi connectivity index (χ2n) is 7.68. The summed E-state index contributed by atoms with van der Waals surface area (Å²) in [5.74, 6) is 1.88. The average Bonchev–Trinajstić information content (AvgIpc) is 3.19. The highest BCUT2D eigenvalue weighted by Gasteiger charge is 2.19. The van der Waals surface area contributed by atoms with E-state index in [2.05, 4.69) is 30.4 Å². The number of carbonyl (C=O) groups excluding carboxylic acids is 1. The molecule has 0 radical (unpaired) electrons. The lowest BCUT2D eigenvalue weighted by atomic mass is 10.1. The number of nitrogens with two attached hydrogens (primary N) is 1. The van der Waals surface area contributed by atoms with E-state index in [1.54, 1.807) is 0 Å². The number of aromatic nitrogens is 2. The van der Waals surface area contributed by atoms with E-state index in [4.69, 9.17) is 10.7 Å². The third-order valence-electron chi connectivity index (χ3n) is 5.09. The lowest BCUT2D eigenvalue weighted by Crippen LogP contribution is -2.40. The average molecular weight is 451 g/mol. The maximum atomic E-state index is 11.6. The molecule has 166 valence electrons. The summed E-state index contributed by atoms with van der Waals surface area (Å²) < 4.78 is 0. The molecule has 10 heteroatoms. The van der Waals surface area contributed by atoms with Crippen molar-refractivity contribution in [2.45, 2.75) is 49.2 Å². The van der Waals surface area contributed by atoms with Crippen molar-refractivity contribution >= 4 is 40.8 Å². The number of nitrogens with zero attached hydrogens (tertiary/aromatic N) is 6. The minimum Gasteiger partial charge on any atom is -0.356 e. The minimum absolute atomic E-state index is 0.0141. The van der Waals surface area contributed by atoms with Crippen molar-refractivity contribution in [3.8, 4) is 0 Å². The van der Waals surface area contributed by atoms with Gasteiger partial charge in [0, 0.05) is 48.3 Å². The Morgan fingerprint density at radius 3 is 2.62 bits per heavy atom. The number of benzene rings is 1. The summed E-state index contributed by atoms with van der Waals surface area (Å²) in [6, 6.07) is 9.75. The Balaban J connectivity index is 1.59. The quantitative estimate of drug-likeness (QED) is 0.633. The first-order chi connectivity index (χ1) is 15.5. The molecule has 0 bridgehead atoms. The Morgan fingerprint density at radius 2 is 1.97 bits per heavy atom. The molecule has 1 fully saturated rings. The van der Waals surface area contributed by atoms with Crippen LogP contribution in [-0.4, -0.2) is 40.8 Å². The Labute approximate surface area is 191 Å². The minimum atomic E-state index is -0.0141. The van der Waals surface area contributed by atoms with E-state index in [0.29, 0.717) is 23.2 Å². The van der Waals surface area contributed by atoms with Crippen LogP contribution in [0.1, 0.15) is 33.1 Å². The van der Waals surface area contributed by atoms with Crippen LogP contribution >= 0.6 is 11.8 Å². The van der Waals surface area contributed by atoms with Gasteiger partial charge in [0.1, 0.15) is 5.82 Å². The Kier molecular flexibility index (Phi) is 6.91. The number of nitrogens with one attached hydrogen (secondary N) is 1. The molecule has 2 aliphatic heterocycles. The smallest absolute Gasteiger partial charge is 0.224 e. The highest BCUT2D eigenvalue weighted by atomic mass is 32.2. The van der Waals surface area contributed by atoms with Crippen LogP contribution in [0.5, 0.6) is 0 Å². The molecule has 0 atom stereocenters. The van der Waals surface area contributed by atoms with Gasteiger partial charge in [-0.05, 0) is 55.8 Å². The zero-order valence-electron chi connectivity index (χ0n) is 18.2. The van der Waals surface area contributed by atoms with Crippen molar-refractivity contribution in [2.75, 3.05) is 23.3 Å². The normalized spacial score (nSPS) is 17.7. The van der Waals surface area contributed by atoms with Crippen molar-refractivity contribution < 1.29 is 4.79 Å². The van der Waals surface area contributed by atoms with Crippen molar-refractivity contribution in [3.63, 3.8) is 0 Å². The van der Waals surface area contributed by atoms with Crippen LogP contribution in [0.2, 0.25) is 0 Å². The fraction of sp³-hybridized carbons (Fsp3) is 0.364. The monoisotopic (exact) mass is 450 g/mol. The summed E-state index contributed by atoms with van der Waals surface area (Å²) in [6.45, 7) is 5.40. The lowest BCUT2D eigenvalue weighted by molar-refractivity contribution is -0.115. The molecule has 1 aromatic carbocycles. The third kappa shape index (κ3) is 5.77. The van der Waals surface area contributed by atoms with E-state index in [1.165, 1.54) is 11.8 Å². The largest absolute Gasteiger partial charge is 0.356 e. The number of aliphatic imine (C=N–C) groups is 1. The van der Waals surface area contributed by atoms with Gasteiger partial charge in [-0.25, -0.2) is 15.0 Å². The Bertz CT molecular complexity index is 1070.